The Morgan fingerprint density at radius 1 is 1.23 bits per heavy atom. The van der Waals surface area contributed by atoms with E-state index in [0.717, 1.165) is 25.0 Å². The largest absolute Gasteiger partial charge is 0.416 e. The Morgan fingerprint density at radius 2 is 1.88 bits per heavy atom. The van der Waals surface area contributed by atoms with Crippen molar-refractivity contribution in [3.05, 3.63) is 35.4 Å². The molecule has 0 spiro atoms. The standard InChI is InChI=1S/C18H22F3N3O2/c1-23-15(25)9-14(17(26)24-8-2-3-13(22)10-24)16(23)11-4-6-12(7-5-11)18(19,20)21/h4-7,13-14,16H,2-3,8-10,22H2,1H3. The zero-order chi connectivity index (χ0) is 19.1. The molecule has 8 heteroatoms. The highest BCUT2D eigenvalue weighted by atomic mass is 19.4. The van der Waals surface area contributed by atoms with Gasteiger partial charge in [-0.15, -0.1) is 0 Å². The maximum Gasteiger partial charge on any atom is 0.416 e. The van der Waals surface area contributed by atoms with Gasteiger partial charge in [0.2, 0.25) is 11.8 Å². The van der Waals surface area contributed by atoms with Crippen molar-refractivity contribution < 1.29 is 22.8 Å². The summed E-state index contributed by atoms with van der Waals surface area (Å²) in [5.41, 5.74) is 5.72. The highest BCUT2D eigenvalue weighted by Gasteiger charge is 2.44. The van der Waals surface area contributed by atoms with E-state index in [1.807, 2.05) is 0 Å². The van der Waals surface area contributed by atoms with E-state index in [1.54, 1.807) is 11.9 Å². The smallest absolute Gasteiger partial charge is 0.341 e. The molecule has 2 fully saturated rings. The van der Waals surface area contributed by atoms with Gasteiger partial charge in [0.05, 0.1) is 17.5 Å². The van der Waals surface area contributed by atoms with Crippen LogP contribution in [0.5, 0.6) is 0 Å². The molecule has 2 aliphatic heterocycles. The van der Waals surface area contributed by atoms with Crippen LogP contribution in [0.3, 0.4) is 0 Å². The maximum absolute atomic E-state index is 13.0. The molecule has 2 aliphatic rings. The van der Waals surface area contributed by atoms with Crippen LogP contribution in [0.1, 0.15) is 36.4 Å². The van der Waals surface area contributed by atoms with Crippen LogP contribution >= 0.6 is 0 Å². The van der Waals surface area contributed by atoms with Crippen LogP contribution in [-0.4, -0.2) is 47.8 Å². The molecule has 2 heterocycles. The van der Waals surface area contributed by atoms with Crippen molar-refractivity contribution in [3.8, 4) is 0 Å². The highest BCUT2D eigenvalue weighted by molar-refractivity contribution is 5.90. The molecule has 0 bridgehead atoms. The van der Waals surface area contributed by atoms with Gasteiger partial charge in [0.25, 0.3) is 0 Å². The number of hydrogen-bond acceptors (Lipinski definition) is 3. The summed E-state index contributed by atoms with van der Waals surface area (Å²) in [6, 6.07) is 4.05. The molecule has 0 saturated carbocycles. The minimum Gasteiger partial charge on any atom is -0.341 e. The number of amides is 2. The summed E-state index contributed by atoms with van der Waals surface area (Å²) < 4.78 is 38.3. The first-order valence-corrected chi connectivity index (χ1v) is 8.65. The van der Waals surface area contributed by atoms with Gasteiger partial charge >= 0.3 is 6.18 Å². The van der Waals surface area contributed by atoms with E-state index in [-0.39, 0.29) is 24.3 Å². The Hall–Kier alpha value is -2.09. The van der Waals surface area contributed by atoms with Crippen LogP contribution in [0, 0.1) is 5.92 Å². The van der Waals surface area contributed by atoms with E-state index in [0.29, 0.717) is 18.7 Å². The van der Waals surface area contributed by atoms with Crippen LogP contribution < -0.4 is 5.73 Å². The number of carbonyl (C=O) groups is 2. The predicted octanol–water partition coefficient (Wildman–Crippen LogP) is 2.17. The lowest BCUT2D eigenvalue weighted by Crippen LogP contribution is -2.48. The molecule has 0 radical (unpaired) electrons. The van der Waals surface area contributed by atoms with Crippen molar-refractivity contribution in [1.82, 2.24) is 9.80 Å². The quantitative estimate of drug-likeness (QED) is 0.869. The minimum atomic E-state index is -4.42. The molecular weight excluding hydrogens is 347 g/mol. The average Bonchev–Trinajstić information content (AvgIpc) is 2.89. The van der Waals surface area contributed by atoms with Crippen molar-refractivity contribution in [1.29, 1.82) is 0 Å². The van der Waals surface area contributed by atoms with Crippen molar-refractivity contribution in [2.45, 2.75) is 37.5 Å². The first-order chi connectivity index (χ1) is 12.2. The maximum atomic E-state index is 13.0. The molecule has 1 aromatic rings. The minimum absolute atomic E-state index is 0.0623. The van der Waals surface area contributed by atoms with Crippen molar-refractivity contribution in [2.24, 2.45) is 11.7 Å². The Labute approximate surface area is 149 Å². The Bertz CT molecular complexity index is 690. The molecule has 2 saturated heterocycles. The number of hydrogen-bond donors (Lipinski definition) is 1. The Kier molecular flexibility index (Phi) is 4.96. The summed E-state index contributed by atoms with van der Waals surface area (Å²) in [5, 5.41) is 0. The topological polar surface area (TPSA) is 66.6 Å². The Morgan fingerprint density at radius 3 is 2.46 bits per heavy atom. The SMILES string of the molecule is CN1C(=O)CC(C(=O)N2CCCC(N)C2)C1c1ccc(C(F)(F)F)cc1. The molecule has 1 aromatic carbocycles. The third-order valence-electron chi connectivity index (χ3n) is 5.25. The van der Waals surface area contributed by atoms with Crippen LogP contribution in [0.15, 0.2) is 24.3 Å². The number of alkyl halides is 3. The van der Waals surface area contributed by atoms with E-state index < -0.39 is 23.7 Å². The molecule has 3 rings (SSSR count). The molecule has 0 aromatic heterocycles. The number of halogens is 3. The summed E-state index contributed by atoms with van der Waals surface area (Å²) in [6.07, 6.45) is -2.69. The lowest BCUT2D eigenvalue weighted by molar-refractivity contribution is -0.138. The number of rotatable bonds is 2. The first-order valence-electron chi connectivity index (χ1n) is 8.65. The molecule has 5 nitrogen and oxygen atoms in total. The fourth-order valence-electron chi connectivity index (χ4n) is 3.86. The summed E-state index contributed by atoms with van der Waals surface area (Å²) in [5.74, 6) is -0.938. The molecule has 2 N–H and O–H groups in total. The van der Waals surface area contributed by atoms with Gasteiger partial charge in [0.1, 0.15) is 0 Å². The van der Waals surface area contributed by atoms with Crippen LogP contribution in [0.4, 0.5) is 13.2 Å². The average molecular weight is 369 g/mol. The third kappa shape index (κ3) is 3.56. The second-order valence-corrected chi connectivity index (χ2v) is 7.07. The summed E-state index contributed by atoms with van der Waals surface area (Å²) in [7, 11) is 1.58. The zero-order valence-electron chi connectivity index (χ0n) is 14.5. The van der Waals surface area contributed by atoms with E-state index in [4.69, 9.17) is 5.73 Å². The van der Waals surface area contributed by atoms with Crippen molar-refractivity contribution in [3.63, 3.8) is 0 Å². The monoisotopic (exact) mass is 369 g/mol. The molecule has 2 amide bonds. The number of likely N-dealkylation sites (tertiary alicyclic amines) is 2. The fourth-order valence-corrected chi connectivity index (χ4v) is 3.86. The summed E-state index contributed by atoms with van der Waals surface area (Å²) in [4.78, 5) is 28.3. The number of nitrogens with two attached hydrogens (primary N) is 1. The van der Waals surface area contributed by atoms with Gasteiger partial charge in [-0.1, -0.05) is 12.1 Å². The van der Waals surface area contributed by atoms with Crippen molar-refractivity contribution >= 4 is 11.8 Å². The van der Waals surface area contributed by atoms with E-state index >= 15 is 0 Å². The third-order valence-corrected chi connectivity index (χ3v) is 5.25. The number of nitrogens with zero attached hydrogens (tertiary/aromatic N) is 2. The number of carbonyl (C=O) groups excluding carboxylic acids is 2. The number of benzene rings is 1. The van der Waals surface area contributed by atoms with E-state index in [2.05, 4.69) is 0 Å². The van der Waals surface area contributed by atoms with Gasteiger partial charge in [-0.05, 0) is 30.5 Å². The Balaban J connectivity index is 1.85. The van der Waals surface area contributed by atoms with Crippen LogP contribution in [0.25, 0.3) is 0 Å². The van der Waals surface area contributed by atoms with Crippen LogP contribution in [-0.2, 0) is 15.8 Å². The summed E-state index contributed by atoms with van der Waals surface area (Å²) in [6.45, 7) is 1.05. The van der Waals surface area contributed by atoms with E-state index in [9.17, 15) is 22.8 Å². The lowest BCUT2D eigenvalue weighted by atomic mass is 9.91. The van der Waals surface area contributed by atoms with Gasteiger partial charge in [0, 0.05) is 32.6 Å². The second kappa shape index (κ2) is 6.90. The predicted molar refractivity (Wildman–Crippen MR) is 88.9 cm³/mol. The van der Waals surface area contributed by atoms with Crippen molar-refractivity contribution in [2.75, 3.05) is 20.1 Å². The fraction of sp³-hybridized carbons (Fsp3) is 0.556. The van der Waals surface area contributed by atoms with E-state index in [1.165, 1.54) is 17.0 Å². The molecule has 3 atom stereocenters. The second-order valence-electron chi connectivity index (χ2n) is 7.07. The molecule has 3 unspecified atom stereocenters. The van der Waals surface area contributed by atoms with Gasteiger partial charge < -0.3 is 15.5 Å². The number of piperidine rings is 1. The normalized spacial score (nSPS) is 27.1. The van der Waals surface area contributed by atoms with Gasteiger partial charge in [-0.25, -0.2) is 0 Å². The molecule has 0 aliphatic carbocycles. The molecule has 142 valence electrons. The van der Waals surface area contributed by atoms with Gasteiger partial charge in [0.15, 0.2) is 0 Å². The molecule has 26 heavy (non-hydrogen) atoms. The van der Waals surface area contributed by atoms with Gasteiger partial charge in [-0.3, -0.25) is 9.59 Å². The van der Waals surface area contributed by atoms with Gasteiger partial charge in [-0.2, -0.15) is 13.2 Å². The molecular formula is C18H22F3N3O2. The van der Waals surface area contributed by atoms with Crippen LogP contribution in [0.2, 0.25) is 0 Å². The highest BCUT2D eigenvalue weighted by Crippen LogP contribution is 2.39. The summed E-state index contributed by atoms with van der Waals surface area (Å²) >= 11 is 0. The zero-order valence-corrected chi connectivity index (χ0v) is 14.5. The lowest BCUT2D eigenvalue weighted by Gasteiger charge is -2.34. The first kappa shape index (κ1) is 18.7.